The molecule has 0 radical (unpaired) electrons. The summed E-state index contributed by atoms with van der Waals surface area (Å²) in [5.41, 5.74) is 0. The van der Waals surface area contributed by atoms with Gasteiger partial charge in [-0.05, 0) is 49.8 Å². The van der Waals surface area contributed by atoms with Crippen LogP contribution < -0.4 is 10.6 Å². The Morgan fingerprint density at radius 3 is 2.48 bits per heavy atom. The molecule has 1 aliphatic rings. The smallest absolute Gasteiger partial charge is 0.314 e. The molecule has 2 amide bonds. The van der Waals surface area contributed by atoms with E-state index in [1.807, 2.05) is 18.2 Å². The van der Waals surface area contributed by atoms with Crippen LogP contribution in [0.25, 0.3) is 0 Å². The van der Waals surface area contributed by atoms with Crippen LogP contribution in [0.3, 0.4) is 0 Å². The van der Waals surface area contributed by atoms with Gasteiger partial charge in [0.2, 0.25) is 0 Å². The summed E-state index contributed by atoms with van der Waals surface area (Å²) in [5, 5.41) is 5.88. The number of likely N-dealkylation sites (tertiary alicyclic amines) is 1. The van der Waals surface area contributed by atoms with Crippen LogP contribution in [-0.4, -0.2) is 49.4 Å². The Balaban J connectivity index is 1.44. The molecule has 2 atom stereocenters. The van der Waals surface area contributed by atoms with E-state index in [-0.39, 0.29) is 6.03 Å². The van der Waals surface area contributed by atoms with Crippen LogP contribution in [-0.2, 0) is 0 Å². The zero-order valence-corrected chi connectivity index (χ0v) is 16.5. The fourth-order valence-electron chi connectivity index (χ4n) is 3.55. The Hall–Kier alpha value is -1.20. The maximum Gasteiger partial charge on any atom is 0.314 e. The summed E-state index contributed by atoms with van der Waals surface area (Å²) in [4.78, 5) is 15.6. The molecule has 1 aromatic rings. The second-order valence-corrected chi connectivity index (χ2v) is 8.43. The fraction of sp³-hybridized carbons (Fsp3) is 0.650. The first-order valence-electron chi connectivity index (χ1n) is 9.55. The highest BCUT2D eigenvalue weighted by Gasteiger charge is 2.20. The number of carbonyl (C=O) groups excluding carboxylic acids is 1. The van der Waals surface area contributed by atoms with Crippen LogP contribution in [0.5, 0.6) is 0 Å². The van der Waals surface area contributed by atoms with E-state index in [1.165, 1.54) is 24.4 Å². The monoisotopic (exact) mass is 363 g/mol. The average Bonchev–Trinajstić information content (AvgIpc) is 2.58. The third kappa shape index (κ3) is 8.63. The number of piperidine rings is 1. The van der Waals surface area contributed by atoms with Crippen LogP contribution in [0, 0.1) is 11.8 Å². The van der Waals surface area contributed by atoms with Gasteiger partial charge in [-0.3, -0.25) is 0 Å². The quantitative estimate of drug-likeness (QED) is 0.518. The van der Waals surface area contributed by atoms with Gasteiger partial charge in [0.15, 0.2) is 0 Å². The maximum atomic E-state index is 11.8. The molecule has 25 heavy (non-hydrogen) atoms. The van der Waals surface area contributed by atoms with Gasteiger partial charge in [-0.25, -0.2) is 4.79 Å². The topological polar surface area (TPSA) is 44.4 Å². The highest BCUT2D eigenvalue weighted by atomic mass is 32.2. The summed E-state index contributed by atoms with van der Waals surface area (Å²) in [6.45, 7) is 9.78. The minimum Gasteiger partial charge on any atom is -0.338 e. The van der Waals surface area contributed by atoms with Crippen molar-refractivity contribution in [3.05, 3.63) is 30.3 Å². The lowest BCUT2D eigenvalue weighted by Crippen LogP contribution is -2.40. The third-order valence-electron chi connectivity index (χ3n) is 4.53. The minimum absolute atomic E-state index is 0.0473. The highest BCUT2D eigenvalue weighted by Crippen LogP contribution is 2.21. The van der Waals surface area contributed by atoms with Gasteiger partial charge in [-0.1, -0.05) is 32.0 Å². The van der Waals surface area contributed by atoms with Gasteiger partial charge in [-0.2, -0.15) is 0 Å². The molecule has 1 fully saturated rings. The van der Waals surface area contributed by atoms with Crippen molar-refractivity contribution >= 4 is 17.8 Å². The first-order chi connectivity index (χ1) is 12.1. The lowest BCUT2D eigenvalue weighted by atomic mass is 9.92. The molecule has 0 aromatic heterocycles. The zero-order chi connectivity index (χ0) is 17.9. The van der Waals surface area contributed by atoms with Crippen molar-refractivity contribution in [2.45, 2.75) is 38.0 Å². The van der Waals surface area contributed by atoms with Crippen LogP contribution in [0.4, 0.5) is 4.79 Å². The third-order valence-corrected chi connectivity index (χ3v) is 5.54. The molecule has 0 bridgehead atoms. The van der Waals surface area contributed by atoms with Crippen molar-refractivity contribution in [1.82, 2.24) is 15.5 Å². The largest absolute Gasteiger partial charge is 0.338 e. The number of hydrogen-bond donors (Lipinski definition) is 2. The van der Waals surface area contributed by atoms with E-state index in [0.717, 1.165) is 43.5 Å². The molecule has 0 unspecified atom stereocenters. The Bertz CT molecular complexity index is 487. The van der Waals surface area contributed by atoms with Crippen molar-refractivity contribution < 1.29 is 4.79 Å². The van der Waals surface area contributed by atoms with Gasteiger partial charge in [0, 0.05) is 36.8 Å². The van der Waals surface area contributed by atoms with E-state index in [2.05, 4.69) is 41.5 Å². The summed E-state index contributed by atoms with van der Waals surface area (Å²) in [7, 11) is 0. The molecule has 2 N–H and O–H groups in total. The number of rotatable bonds is 9. The van der Waals surface area contributed by atoms with Crippen LogP contribution in [0.2, 0.25) is 0 Å². The molecule has 4 nitrogen and oxygen atoms in total. The molecular weight excluding hydrogens is 330 g/mol. The molecule has 1 aliphatic heterocycles. The molecule has 0 aliphatic carbocycles. The number of nitrogens with zero attached hydrogens (tertiary/aromatic N) is 1. The van der Waals surface area contributed by atoms with Gasteiger partial charge in [0.25, 0.3) is 0 Å². The molecule has 2 rings (SSSR count). The Morgan fingerprint density at radius 2 is 1.76 bits per heavy atom. The lowest BCUT2D eigenvalue weighted by molar-refractivity contribution is 0.139. The van der Waals surface area contributed by atoms with Crippen LogP contribution >= 0.6 is 11.8 Å². The summed E-state index contributed by atoms with van der Waals surface area (Å²) in [6, 6.07) is 10.2. The number of carbonyl (C=O) groups is 1. The number of amides is 2. The van der Waals surface area contributed by atoms with Gasteiger partial charge in [0.05, 0.1) is 0 Å². The molecule has 0 spiro atoms. The molecule has 0 saturated carbocycles. The van der Waals surface area contributed by atoms with E-state index in [9.17, 15) is 4.79 Å². The number of hydrogen-bond acceptors (Lipinski definition) is 3. The first kappa shape index (κ1) is 20.1. The van der Waals surface area contributed by atoms with E-state index >= 15 is 0 Å². The van der Waals surface area contributed by atoms with Crippen molar-refractivity contribution in [2.24, 2.45) is 11.8 Å². The van der Waals surface area contributed by atoms with Gasteiger partial charge < -0.3 is 15.5 Å². The number of urea groups is 1. The van der Waals surface area contributed by atoms with Crippen molar-refractivity contribution in [3.8, 4) is 0 Å². The van der Waals surface area contributed by atoms with Crippen molar-refractivity contribution in [3.63, 3.8) is 0 Å². The minimum atomic E-state index is -0.0473. The summed E-state index contributed by atoms with van der Waals surface area (Å²) >= 11 is 1.76. The fourth-order valence-corrected chi connectivity index (χ4v) is 4.34. The highest BCUT2D eigenvalue weighted by molar-refractivity contribution is 7.99. The second kappa shape index (κ2) is 11.4. The molecule has 5 heteroatoms. The van der Waals surface area contributed by atoms with Crippen molar-refractivity contribution in [2.75, 3.05) is 38.5 Å². The Labute approximate surface area is 157 Å². The summed E-state index contributed by atoms with van der Waals surface area (Å²) in [5.74, 6) is 2.53. The van der Waals surface area contributed by atoms with Gasteiger partial charge in [-0.15, -0.1) is 11.8 Å². The Morgan fingerprint density at radius 1 is 1.08 bits per heavy atom. The van der Waals surface area contributed by atoms with E-state index in [1.54, 1.807) is 11.8 Å². The number of nitrogens with one attached hydrogen (secondary N) is 2. The van der Waals surface area contributed by atoms with E-state index in [4.69, 9.17) is 0 Å². The van der Waals surface area contributed by atoms with Gasteiger partial charge in [0.1, 0.15) is 0 Å². The predicted molar refractivity (Wildman–Crippen MR) is 107 cm³/mol. The molecule has 140 valence electrons. The number of benzene rings is 1. The maximum absolute atomic E-state index is 11.8. The normalized spacial score (nSPS) is 21.0. The van der Waals surface area contributed by atoms with E-state index in [0.29, 0.717) is 6.54 Å². The molecule has 1 heterocycles. The summed E-state index contributed by atoms with van der Waals surface area (Å²) in [6.07, 6.45) is 3.57. The van der Waals surface area contributed by atoms with E-state index < -0.39 is 0 Å². The molecule has 1 aromatic carbocycles. The van der Waals surface area contributed by atoms with Crippen molar-refractivity contribution in [1.29, 1.82) is 0 Å². The lowest BCUT2D eigenvalue weighted by Gasteiger charge is -2.34. The molecular formula is C20H33N3OS. The first-order valence-corrected chi connectivity index (χ1v) is 10.5. The number of unbranched alkanes of at least 4 members (excludes halogenated alkanes) is 1. The van der Waals surface area contributed by atoms with Gasteiger partial charge >= 0.3 is 6.03 Å². The summed E-state index contributed by atoms with van der Waals surface area (Å²) < 4.78 is 0. The number of thioether (sulfide) groups is 1. The predicted octanol–water partition coefficient (Wildman–Crippen LogP) is 3.84. The SMILES string of the molecule is C[C@@H]1C[C@H](C)CN(CCCCNC(=O)NCCSc2ccccc2)C1. The Kier molecular flexibility index (Phi) is 9.19. The van der Waals surface area contributed by atoms with Crippen LogP contribution in [0.15, 0.2) is 35.2 Å². The van der Waals surface area contributed by atoms with Crippen LogP contribution in [0.1, 0.15) is 33.1 Å². The standard InChI is InChI=1S/C20H33N3OS/c1-17-14-18(2)16-23(15-17)12-7-6-10-21-20(24)22-11-13-25-19-8-4-3-5-9-19/h3-5,8-9,17-18H,6-7,10-16H2,1-2H3,(H2,21,22,24)/t17-,18+. The second-order valence-electron chi connectivity index (χ2n) is 7.26. The average molecular weight is 364 g/mol. The zero-order valence-electron chi connectivity index (χ0n) is 15.7. The molecule has 1 saturated heterocycles.